The van der Waals surface area contributed by atoms with E-state index in [9.17, 15) is 0 Å². The molecule has 0 aliphatic carbocycles. The summed E-state index contributed by atoms with van der Waals surface area (Å²) in [7, 11) is 0. The highest BCUT2D eigenvalue weighted by molar-refractivity contribution is 7.27. The molecule has 0 N–H and O–H groups in total. The standard InChI is InChI=1S/C60H36N2OS2/c1-7-27-49-40(18-1)41-19-2-8-28-50(41)62(49)51-29-9-3-20-42(51)47-34-35-52(57-48-23-6-12-33-56(48)65-60(47)57)61(53-30-15-26-46-44-22-5-11-32-55(44)64-59(46)53)38-17-13-16-37(36-38)39-24-14-25-45-43-21-4-10-31-54(43)63-58(39)45/h1-36H. The molecule has 0 saturated carbocycles. The van der Waals surface area contributed by atoms with Crippen LogP contribution in [0.3, 0.4) is 0 Å². The van der Waals surface area contributed by atoms with E-state index in [-0.39, 0.29) is 0 Å². The molecule has 0 atom stereocenters. The van der Waals surface area contributed by atoms with Gasteiger partial charge in [0.25, 0.3) is 0 Å². The Balaban J connectivity index is 1.05. The first-order chi connectivity index (χ1) is 32.3. The van der Waals surface area contributed by atoms with Crippen molar-refractivity contribution in [3.8, 4) is 27.9 Å². The van der Waals surface area contributed by atoms with Crippen LogP contribution in [-0.4, -0.2) is 4.57 Å². The summed E-state index contributed by atoms with van der Waals surface area (Å²) in [5.41, 5.74) is 13.3. The Bertz CT molecular complexity index is 4170. The quantitative estimate of drug-likeness (QED) is 0.166. The molecule has 5 heteroatoms. The lowest BCUT2D eigenvalue weighted by atomic mass is 9.98. The Morgan fingerprint density at radius 3 is 1.82 bits per heavy atom. The lowest BCUT2D eigenvalue weighted by molar-refractivity contribution is 0.670. The molecule has 14 aromatic rings. The van der Waals surface area contributed by atoms with Gasteiger partial charge in [-0.15, -0.1) is 22.7 Å². The third kappa shape index (κ3) is 5.47. The third-order valence-corrected chi connectivity index (χ3v) is 15.6. The number of fused-ring (bicyclic) bond motifs is 12. The number of rotatable bonds is 6. The van der Waals surface area contributed by atoms with Crippen molar-refractivity contribution in [2.75, 3.05) is 4.90 Å². The predicted octanol–water partition coefficient (Wildman–Crippen LogP) is 18.2. The molecule has 0 spiro atoms. The minimum atomic E-state index is 0.899. The summed E-state index contributed by atoms with van der Waals surface area (Å²) in [5.74, 6) is 0. The van der Waals surface area contributed by atoms with Crippen LogP contribution in [0.4, 0.5) is 17.1 Å². The first-order valence-corrected chi connectivity index (χ1v) is 23.6. The molecule has 304 valence electrons. The van der Waals surface area contributed by atoms with Crippen LogP contribution in [0.25, 0.3) is 112 Å². The molecular formula is C60H36N2OS2. The van der Waals surface area contributed by atoms with Crippen LogP contribution in [0.15, 0.2) is 223 Å². The van der Waals surface area contributed by atoms with E-state index < -0.39 is 0 Å². The van der Waals surface area contributed by atoms with Gasteiger partial charge in [-0.1, -0.05) is 158 Å². The molecule has 0 aliphatic heterocycles. The Hall–Kier alpha value is -7.96. The zero-order valence-electron chi connectivity index (χ0n) is 34.9. The van der Waals surface area contributed by atoms with Crippen LogP contribution < -0.4 is 4.90 Å². The first kappa shape index (κ1) is 36.5. The molecule has 65 heavy (non-hydrogen) atoms. The summed E-state index contributed by atoms with van der Waals surface area (Å²) < 4.78 is 14.1. The van der Waals surface area contributed by atoms with Gasteiger partial charge in [-0.25, -0.2) is 0 Å². The molecule has 3 nitrogen and oxygen atoms in total. The molecule has 0 radical (unpaired) electrons. The Morgan fingerprint density at radius 1 is 0.385 bits per heavy atom. The number of benzene rings is 10. The second-order valence-corrected chi connectivity index (χ2v) is 18.8. The van der Waals surface area contributed by atoms with Gasteiger partial charge in [0, 0.05) is 79.6 Å². The van der Waals surface area contributed by atoms with Crippen molar-refractivity contribution in [1.29, 1.82) is 0 Å². The zero-order valence-corrected chi connectivity index (χ0v) is 36.5. The maximum Gasteiger partial charge on any atom is 0.143 e. The number of hydrogen-bond acceptors (Lipinski definition) is 4. The molecule has 0 bridgehead atoms. The van der Waals surface area contributed by atoms with Crippen molar-refractivity contribution >= 4 is 124 Å². The average molecular weight is 865 g/mol. The predicted molar refractivity (Wildman–Crippen MR) is 279 cm³/mol. The molecule has 0 aliphatic rings. The van der Waals surface area contributed by atoms with Crippen LogP contribution in [0.1, 0.15) is 0 Å². The zero-order chi connectivity index (χ0) is 42.6. The highest BCUT2D eigenvalue weighted by Gasteiger charge is 2.25. The van der Waals surface area contributed by atoms with E-state index in [2.05, 4.69) is 222 Å². The minimum absolute atomic E-state index is 0.899. The second-order valence-electron chi connectivity index (χ2n) is 16.7. The van der Waals surface area contributed by atoms with Crippen molar-refractivity contribution in [2.45, 2.75) is 0 Å². The number of anilines is 3. The molecule has 0 saturated heterocycles. The summed E-state index contributed by atoms with van der Waals surface area (Å²) in [5, 5.41) is 9.79. The smallest absolute Gasteiger partial charge is 0.143 e. The fraction of sp³-hybridized carbons (Fsp3) is 0. The number of aromatic nitrogens is 1. The summed E-state index contributed by atoms with van der Waals surface area (Å²) >= 11 is 3.75. The summed E-state index contributed by atoms with van der Waals surface area (Å²) in [6.07, 6.45) is 0. The van der Waals surface area contributed by atoms with Crippen LogP contribution in [0, 0.1) is 0 Å². The van der Waals surface area contributed by atoms with E-state index in [1.54, 1.807) is 0 Å². The van der Waals surface area contributed by atoms with Crippen LogP contribution in [0.5, 0.6) is 0 Å². The van der Waals surface area contributed by atoms with E-state index in [0.29, 0.717) is 0 Å². The molecular weight excluding hydrogens is 829 g/mol. The average Bonchev–Trinajstić information content (AvgIpc) is 4.14. The van der Waals surface area contributed by atoms with E-state index in [4.69, 9.17) is 4.42 Å². The largest absolute Gasteiger partial charge is 0.455 e. The topological polar surface area (TPSA) is 21.3 Å². The molecule has 0 fully saturated rings. The fourth-order valence-corrected chi connectivity index (χ4v) is 12.8. The van der Waals surface area contributed by atoms with E-state index >= 15 is 0 Å². The normalized spacial score (nSPS) is 12.0. The highest BCUT2D eigenvalue weighted by atomic mass is 32.1. The Labute approximate surface area is 381 Å². The molecule has 0 amide bonds. The van der Waals surface area contributed by atoms with Crippen molar-refractivity contribution < 1.29 is 4.42 Å². The Kier molecular flexibility index (Phi) is 8.02. The summed E-state index contributed by atoms with van der Waals surface area (Å²) in [6.45, 7) is 0. The van der Waals surface area contributed by atoms with Gasteiger partial charge < -0.3 is 13.9 Å². The minimum Gasteiger partial charge on any atom is -0.455 e. The van der Waals surface area contributed by atoms with Crippen LogP contribution in [0.2, 0.25) is 0 Å². The molecule has 14 rings (SSSR count). The summed E-state index contributed by atoms with van der Waals surface area (Å²) in [4.78, 5) is 2.52. The fourth-order valence-electron chi connectivity index (χ4n) is 10.4. The monoisotopic (exact) mass is 864 g/mol. The number of nitrogens with zero attached hydrogens (tertiary/aromatic N) is 2. The van der Waals surface area contributed by atoms with Gasteiger partial charge in [-0.3, -0.25) is 0 Å². The van der Waals surface area contributed by atoms with Gasteiger partial charge in [0.1, 0.15) is 11.2 Å². The van der Waals surface area contributed by atoms with Crippen molar-refractivity contribution in [1.82, 2.24) is 4.57 Å². The number of furan rings is 1. The SMILES string of the molecule is c1cc(-c2cccc3c2oc2ccccc23)cc(N(c2cccc3c2sc2ccccc23)c2ccc(-c3ccccc3-n3c4ccccc4c4ccccc43)c3sc4ccccc4c23)c1. The van der Waals surface area contributed by atoms with Gasteiger partial charge in [0.15, 0.2) is 0 Å². The molecule has 0 unspecified atom stereocenters. The van der Waals surface area contributed by atoms with Crippen LogP contribution >= 0.6 is 22.7 Å². The van der Waals surface area contributed by atoms with Gasteiger partial charge in [0.05, 0.1) is 32.8 Å². The number of hydrogen-bond donors (Lipinski definition) is 0. The van der Waals surface area contributed by atoms with E-state index in [1.807, 2.05) is 28.7 Å². The number of thiophene rings is 2. The summed E-state index contributed by atoms with van der Waals surface area (Å²) in [6, 6.07) is 79.7. The van der Waals surface area contributed by atoms with Gasteiger partial charge in [0.2, 0.25) is 0 Å². The van der Waals surface area contributed by atoms with Gasteiger partial charge >= 0.3 is 0 Å². The number of para-hydroxylation sites is 5. The van der Waals surface area contributed by atoms with Crippen molar-refractivity contribution in [3.05, 3.63) is 218 Å². The molecule has 4 heterocycles. The maximum absolute atomic E-state index is 6.62. The Morgan fingerprint density at radius 2 is 0.985 bits per heavy atom. The van der Waals surface area contributed by atoms with Crippen molar-refractivity contribution in [2.24, 2.45) is 0 Å². The third-order valence-electron chi connectivity index (χ3n) is 13.2. The maximum atomic E-state index is 6.62. The van der Waals surface area contributed by atoms with E-state index in [0.717, 1.165) is 55.8 Å². The van der Waals surface area contributed by atoms with Gasteiger partial charge in [-0.2, -0.15) is 0 Å². The second kappa shape index (κ2) is 14.3. The highest BCUT2D eigenvalue weighted by Crippen LogP contribution is 2.52. The van der Waals surface area contributed by atoms with Crippen molar-refractivity contribution in [3.63, 3.8) is 0 Å². The lowest BCUT2D eigenvalue weighted by Crippen LogP contribution is -2.11. The van der Waals surface area contributed by atoms with Crippen LogP contribution in [-0.2, 0) is 0 Å². The lowest BCUT2D eigenvalue weighted by Gasteiger charge is -2.28. The van der Waals surface area contributed by atoms with E-state index in [1.165, 1.54) is 73.3 Å². The van der Waals surface area contributed by atoms with Gasteiger partial charge in [-0.05, 0) is 66.2 Å². The molecule has 10 aromatic carbocycles. The molecule has 4 aromatic heterocycles. The first-order valence-electron chi connectivity index (χ1n) is 22.0.